The third-order valence-electron chi connectivity index (χ3n) is 5.11. The first-order valence-electron chi connectivity index (χ1n) is 9.74. The van der Waals surface area contributed by atoms with Crippen LogP contribution in [0.4, 0.5) is 0 Å². The molecule has 0 N–H and O–H groups in total. The van der Waals surface area contributed by atoms with Crippen LogP contribution in [0.25, 0.3) is 16.9 Å². The second-order valence-electron chi connectivity index (χ2n) is 8.88. The summed E-state index contributed by atoms with van der Waals surface area (Å²) in [6, 6.07) is 1.14. The van der Waals surface area contributed by atoms with Crippen LogP contribution < -0.4 is 0 Å². The predicted octanol–water partition coefficient (Wildman–Crippen LogP) is 5.41. The van der Waals surface area contributed by atoms with E-state index in [1.54, 1.807) is 6.33 Å². The van der Waals surface area contributed by atoms with Crippen LogP contribution >= 0.6 is 15.9 Å². The first-order valence-corrected chi connectivity index (χ1v) is 14.2. The molecule has 0 saturated heterocycles. The van der Waals surface area contributed by atoms with Gasteiger partial charge in [0.15, 0.2) is 5.65 Å². The number of ether oxygens (including phenoxy) is 1. The number of aryl methyl sites for hydroxylation is 1. The third kappa shape index (κ3) is 4.23. The van der Waals surface area contributed by atoms with Crippen LogP contribution in [-0.2, 0) is 11.5 Å². The Bertz CT molecular complexity index is 987. The Labute approximate surface area is 176 Å². The van der Waals surface area contributed by atoms with Crippen molar-refractivity contribution < 1.29 is 4.74 Å². The highest BCUT2D eigenvalue weighted by Crippen LogP contribution is 2.37. The van der Waals surface area contributed by atoms with Crippen molar-refractivity contribution in [2.24, 2.45) is 0 Å². The van der Waals surface area contributed by atoms with Crippen molar-refractivity contribution in [2.45, 2.75) is 66.0 Å². The Balaban J connectivity index is 2.05. The molecule has 0 aliphatic carbocycles. The number of fused-ring (bicyclic) bond motifs is 1. The molecule has 0 bridgehead atoms. The summed E-state index contributed by atoms with van der Waals surface area (Å²) >= 11 is 3.68. The fraction of sp³-hybridized carbons (Fsp3) is 0.550. The molecular weight excluding hydrogens is 434 g/mol. The zero-order valence-electron chi connectivity index (χ0n) is 17.9. The van der Waals surface area contributed by atoms with Crippen molar-refractivity contribution in [3.05, 3.63) is 33.8 Å². The molecule has 3 heterocycles. The molecule has 3 aromatic rings. The molecule has 6 nitrogen and oxygen atoms in total. The Morgan fingerprint density at radius 2 is 1.89 bits per heavy atom. The second-order valence-corrected chi connectivity index (χ2v) is 15.2. The lowest BCUT2D eigenvalue weighted by atomic mass is 9.96. The summed E-state index contributed by atoms with van der Waals surface area (Å²) in [5, 5.41) is 9.11. The molecule has 8 heteroatoms. The number of nitrogens with zero attached hydrogens (tertiary/aromatic N) is 5. The van der Waals surface area contributed by atoms with Gasteiger partial charge in [0.05, 0.1) is 5.69 Å². The largest absolute Gasteiger partial charge is 0.360 e. The smallest absolute Gasteiger partial charge is 0.158 e. The molecular formula is C20H30BrN5OSi. The third-order valence-corrected chi connectivity index (χ3v) is 7.40. The van der Waals surface area contributed by atoms with Gasteiger partial charge in [0.25, 0.3) is 0 Å². The molecule has 3 aromatic heterocycles. The van der Waals surface area contributed by atoms with Crippen LogP contribution in [0.2, 0.25) is 25.7 Å². The summed E-state index contributed by atoms with van der Waals surface area (Å²) in [5.41, 5.74) is 6.62. The van der Waals surface area contributed by atoms with Crippen molar-refractivity contribution in [1.29, 1.82) is 0 Å². The van der Waals surface area contributed by atoms with Crippen LogP contribution in [0, 0.1) is 13.8 Å². The Hall–Kier alpha value is -1.51. The molecule has 0 radical (unpaired) electrons. The molecule has 0 fully saturated rings. The fourth-order valence-corrected chi connectivity index (χ4v) is 4.90. The molecule has 0 aliphatic rings. The zero-order chi connectivity index (χ0) is 20.6. The highest BCUT2D eigenvalue weighted by atomic mass is 79.9. The van der Waals surface area contributed by atoms with Gasteiger partial charge in [-0.05, 0) is 52.9 Å². The molecule has 0 amide bonds. The molecule has 0 saturated carbocycles. The molecule has 0 aromatic carbocycles. The summed E-state index contributed by atoms with van der Waals surface area (Å²) < 4.78 is 10.7. The first-order chi connectivity index (χ1) is 13.1. The predicted molar refractivity (Wildman–Crippen MR) is 120 cm³/mol. The van der Waals surface area contributed by atoms with Crippen LogP contribution in [-0.4, -0.2) is 39.1 Å². The van der Waals surface area contributed by atoms with Crippen molar-refractivity contribution in [3.63, 3.8) is 0 Å². The monoisotopic (exact) mass is 463 g/mol. The lowest BCUT2D eigenvalue weighted by Gasteiger charge is -2.17. The van der Waals surface area contributed by atoms with Gasteiger partial charge >= 0.3 is 0 Å². The van der Waals surface area contributed by atoms with E-state index >= 15 is 0 Å². The van der Waals surface area contributed by atoms with Gasteiger partial charge in [-0.1, -0.05) is 33.5 Å². The van der Waals surface area contributed by atoms with E-state index in [1.165, 1.54) is 11.1 Å². The maximum atomic E-state index is 6.03. The molecule has 0 unspecified atom stereocenters. The van der Waals surface area contributed by atoms with Gasteiger partial charge in [-0.25, -0.2) is 14.2 Å². The minimum Gasteiger partial charge on any atom is -0.360 e. The minimum atomic E-state index is -1.12. The quantitative estimate of drug-likeness (QED) is 0.347. The Kier molecular flexibility index (Phi) is 6.12. The summed E-state index contributed by atoms with van der Waals surface area (Å²) in [7, 11) is -1.12. The highest BCUT2D eigenvalue weighted by Gasteiger charge is 2.24. The van der Waals surface area contributed by atoms with Gasteiger partial charge in [-0.3, -0.25) is 0 Å². The second kappa shape index (κ2) is 8.08. The van der Waals surface area contributed by atoms with Gasteiger partial charge in [-0.2, -0.15) is 10.2 Å². The zero-order valence-corrected chi connectivity index (χ0v) is 20.5. The molecule has 28 heavy (non-hydrogen) atoms. The van der Waals surface area contributed by atoms with Crippen molar-refractivity contribution in [1.82, 2.24) is 24.4 Å². The summed E-state index contributed by atoms with van der Waals surface area (Å²) in [6.45, 7) is 16.9. The first kappa shape index (κ1) is 21.2. The molecule has 3 rings (SSSR count). The van der Waals surface area contributed by atoms with Gasteiger partial charge in [0, 0.05) is 32.0 Å². The topological polar surface area (TPSA) is 57.2 Å². The molecule has 152 valence electrons. The van der Waals surface area contributed by atoms with E-state index in [0.717, 1.165) is 39.7 Å². The normalized spacial score (nSPS) is 12.5. The number of hydrogen-bond donors (Lipinski definition) is 0. The average molecular weight is 464 g/mol. The van der Waals surface area contributed by atoms with Gasteiger partial charge in [-0.15, -0.1) is 0 Å². The van der Waals surface area contributed by atoms with Crippen LogP contribution in [0.3, 0.4) is 0 Å². The molecule has 0 spiro atoms. The summed E-state index contributed by atoms with van der Waals surface area (Å²) in [5.74, 6) is 0.325. The van der Waals surface area contributed by atoms with E-state index in [9.17, 15) is 0 Å². The lowest BCUT2D eigenvalue weighted by molar-refractivity contribution is 0.0795. The molecule has 0 atom stereocenters. The van der Waals surface area contributed by atoms with E-state index in [4.69, 9.17) is 9.84 Å². The maximum Gasteiger partial charge on any atom is 0.158 e. The fourth-order valence-electron chi connectivity index (χ4n) is 3.31. The van der Waals surface area contributed by atoms with Crippen molar-refractivity contribution in [3.8, 4) is 11.3 Å². The number of aromatic nitrogens is 5. The number of halogens is 1. The van der Waals surface area contributed by atoms with Gasteiger partial charge in [0.1, 0.15) is 17.7 Å². The van der Waals surface area contributed by atoms with Crippen LogP contribution in [0.5, 0.6) is 0 Å². The van der Waals surface area contributed by atoms with E-state index in [0.29, 0.717) is 12.6 Å². The number of rotatable bonds is 7. The molecule has 0 aliphatic heterocycles. The highest BCUT2D eigenvalue weighted by molar-refractivity contribution is 9.10. The SMILES string of the molecule is Cc1c(-c2c(C(C)C)c(Br)nn2COCC[Si](C)(C)C)cn2ncnc2c1C. The maximum absolute atomic E-state index is 6.03. The van der Waals surface area contributed by atoms with Crippen LogP contribution in [0.1, 0.15) is 36.5 Å². The van der Waals surface area contributed by atoms with Crippen LogP contribution in [0.15, 0.2) is 17.1 Å². The minimum absolute atomic E-state index is 0.325. The van der Waals surface area contributed by atoms with E-state index in [1.807, 2.05) is 9.20 Å². The average Bonchev–Trinajstić information content (AvgIpc) is 3.18. The van der Waals surface area contributed by atoms with Gasteiger partial charge < -0.3 is 4.74 Å². The van der Waals surface area contributed by atoms with Crippen molar-refractivity contribution >= 4 is 29.7 Å². The van der Waals surface area contributed by atoms with Crippen molar-refractivity contribution in [2.75, 3.05) is 6.61 Å². The summed E-state index contributed by atoms with van der Waals surface area (Å²) in [4.78, 5) is 4.38. The Morgan fingerprint density at radius 1 is 1.18 bits per heavy atom. The summed E-state index contributed by atoms with van der Waals surface area (Å²) in [6.07, 6.45) is 3.65. The van der Waals surface area contributed by atoms with E-state index < -0.39 is 8.07 Å². The van der Waals surface area contributed by atoms with E-state index in [2.05, 4.69) is 79.5 Å². The Morgan fingerprint density at radius 3 is 2.54 bits per heavy atom. The lowest BCUT2D eigenvalue weighted by Crippen LogP contribution is -2.22. The van der Waals surface area contributed by atoms with Gasteiger partial charge in [0.2, 0.25) is 0 Å². The standard InChI is InChI=1S/C20H30BrN5OSi/c1-13(2)17-18(16-10-25-20(22-11-23-25)15(4)14(16)3)26(24-19(17)21)12-27-8-9-28(5,6)7/h10-11,13H,8-9,12H2,1-7H3. The van der Waals surface area contributed by atoms with E-state index in [-0.39, 0.29) is 0 Å². The number of hydrogen-bond acceptors (Lipinski definition) is 4. The number of pyridine rings is 1.